The maximum atomic E-state index is 12.3. The summed E-state index contributed by atoms with van der Waals surface area (Å²) < 4.78 is 0. The maximum absolute atomic E-state index is 12.3. The second kappa shape index (κ2) is 7.44. The van der Waals surface area contributed by atoms with Crippen LogP contribution < -0.4 is 11.1 Å². The monoisotopic (exact) mass is 274 g/mol. The Labute approximate surface area is 121 Å². The molecule has 110 valence electrons. The summed E-state index contributed by atoms with van der Waals surface area (Å²) in [6.07, 6.45) is 5.70. The molecule has 20 heavy (non-hydrogen) atoms. The van der Waals surface area contributed by atoms with E-state index in [1.54, 1.807) is 0 Å². The average Bonchev–Trinajstić information content (AvgIpc) is 2.53. The Kier molecular flexibility index (Phi) is 5.60. The van der Waals surface area contributed by atoms with Crippen LogP contribution in [0.3, 0.4) is 0 Å². The van der Waals surface area contributed by atoms with E-state index >= 15 is 0 Å². The molecule has 0 saturated heterocycles. The van der Waals surface area contributed by atoms with Gasteiger partial charge in [0.2, 0.25) is 0 Å². The van der Waals surface area contributed by atoms with Crippen molar-refractivity contribution in [3.8, 4) is 0 Å². The van der Waals surface area contributed by atoms with Crippen molar-refractivity contribution in [3.63, 3.8) is 0 Å². The zero-order valence-corrected chi connectivity index (χ0v) is 12.4. The van der Waals surface area contributed by atoms with E-state index in [2.05, 4.69) is 12.2 Å². The van der Waals surface area contributed by atoms with Crippen LogP contribution in [0.5, 0.6) is 0 Å². The van der Waals surface area contributed by atoms with Crippen LogP contribution >= 0.6 is 0 Å². The first-order valence-electron chi connectivity index (χ1n) is 7.80. The molecule has 3 N–H and O–H groups in total. The van der Waals surface area contributed by atoms with Gasteiger partial charge >= 0.3 is 0 Å². The van der Waals surface area contributed by atoms with E-state index in [9.17, 15) is 4.79 Å². The number of benzene rings is 1. The molecule has 0 bridgehead atoms. The Balaban J connectivity index is 1.83. The Bertz CT molecular complexity index is 436. The van der Waals surface area contributed by atoms with Gasteiger partial charge in [0, 0.05) is 12.1 Å². The lowest BCUT2D eigenvalue weighted by molar-refractivity contribution is 0.0940. The van der Waals surface area contributed by atoms with Crippen LogP contribution in [0.4, 0.5) is 0 Å². The minimum Gasteiger partial charge on any atom is -0.352 e. The largest absolute Gasteiger partial charge is 0.352 e. The summed E-state index contributed by atoms with van der Waals surface area (Å²) in [6.45, 7) is 3.69. The second-order valence-corrected chi connectivity index (χ2v) is 5.84. The van der Waals surface area contributed by atoms with Gasteiger partial charge in [-0.25, -0.2) is 0 Å². The number of rotatable bonds is 5. The van der Waals surface area contributed by atoms with Gasteiger partial charge in [-0.05, 0) is 62.1 Å². The summed E-state index contributed by atoms with van der Waals surface area (Å²) in [5, 5.41) is 3.11. The number of nitrogens with one attached hydrogen (secondary N) is 1. The highest BCUT2D eigenvalue weighted by Gasteiger charge is 2.21. The summed E-state index contributed by atoms with van der Waals surface area (Å²) in [5.74, 6) is 1.39. The van der Waals surface area contributed by atoms with Crippen molar-refractivity contribution < 1.29 is 4.79 Å². The summed E-state index contributed by atoms with van der Waals surface area (Å²) in [4.78, 5) is 12.3. The third kappa shape index (κ3) is 3.83. The minimum absolute atomic E-state index is 0.0726. The van der Waals surface area contributed by atoms with Crippen molar-refractivity contribution in [1.29, 1.82) is 0 Å². The van der Waals surface area contributed by atoms with Crippen LogP contribution in [0.25, 0.3) is 0 Å². The van der Waals surface area contributed by atoms with E-state index in [1.807, 2.05) is 24.3 Å². The van der Waals surface area contributed by atoms with Crippen molar-refractivity contribution in [2.45, 2.75) is 39.0 Å². The van der Waals surface area contributed by atoms with Gasteiger partial charge in [0.05, 0.1) is 0 Å². The first kappa shape index (κ1) is 15.0. The fraction of sp³-hybridized carbons (Fsp3) is 0.588. The standard InChI is InChI=1S/C17H26N2O/c1-2-15-5-3-4-6-16(15)17(20)19-12-14-9-7-13(11-18)8-10-14/h3-6,13-14H,2,7-12,18H2,1H3,(H,19,20). The smallest absolute Gasteiger partial charge is 0.251 e. The molecule has 0 aromatic heterocycles. The predicted molar refractivity (Wildman–Crippen MR) is 82.7 cm³/mol. The highest BCUT2D eigenvalue weighted by molar-refractivity contribution is 5.95. The Morgan fingerprint density at radius 3 is 2.50 bits per heavy atom. The molecule has 1 aromatic rings. The third-order valence-electron chi connectivity index (χ3n) is 4.49. The van der Waals surface area contributed by atoms with Crippen LogP contribution in [0.2, 0.25) is 0 Å². The summed E-state index contributed by atoms with van der Waals surface area (Å²) in [5.41, 5.74) is 7.66. The lowest BCUT2D eigenvalue weighted by atomic mass is 9.82. The first-order valence-corrected chi connectivity index (χ1v) is 7.80. The maximum Gasteiger partial charge on any atom is 0.251 e. The molecule has 0 aliphatic heterocycles. The van der Waals surface area contributed by atoms with Crippen LogP contribution in [-0.4, -0.2) is 19.0 Å². The molecule has 0 radical (unpaired) electrons. The van der Waals surface area contributed by atoms with Gasteiger partial charge < -0.3 is 11.1 Å². The molecule has 0 unspecified atom stereocenters. The van der Waals surface area contributed by atoms with Crippen molar-refractivity contribution in [1.82, 2.24) is 5.32 Å². The van der Waals surface area contributed by atoms with Crippen LogP contribution in [-0.2, 0) is 6.42 Å². The van der Waals surface area contributed by atoms with E-state index < -0.39 is 0 Å². The van der Waals surface area contributed by atoms with Crippen molar-refractivity contribution in [2.24, 2.45) is 17.6 Å². The molecular weight excluding hydrogens is 248 g/mol. The van der Waals surface area contributed by atoms with E-state index in [-0.39, 0.29) is 5.91 Å². The van der Waals surface area contributed by atoms with Gasteiger partial charge in [-0.15, -0.1) is 0 Å². The molecule has 0 atom stereocenters. The Morgan fingerprint density at radius 2 is 1.85 bits per heavy atom. The molecule has 1 aromatic carbocycles. The molecule has 0 spiro atoms. The molecule has 3 nitrogen and oxygen atoms in total. The highest BCUT2D eigenvalue weighted by Crippen LogP contribution is 2.27. The van der Waals surface area contributed by atoms with Crippen LogP contribution in [0.15, 0.2) is 24.3 Å². The Hall–Kier alpha value is -1.35. The molecule has 1 saturated carbocycles. The SMILES string of the molecule is CCc1ccccc1C(=O)NCC1CCC(CN)CC1. The third-order valence-corrected chi connectivity index (χ3v) is 4.49. The molecule has 1 aliphatic rings. The second-order valence-electron chi connectivity index (χ2n) is 5.84. The van der Waals surface area contributed by atoms with E-state index in [0.717, 1.165) is 30.6 Å². The lowest BCUT2D eigenvalue weighted by Crippen LogP contribution is -2.32. The first-order chi connectivity index (χ1) is 9.74. The van der Waals surface area contributed by atoms with Crippen molar-refractivity contribution in [2.75, 3.05) is 13.1 Å². The molecule has 1 fully saturated rings. The number of carbonyl (C=O) groups excluding carboxylic acids is 1. The average molecular weight is 274 g/mol. The molecule has 1 amide bonds. The molecule has 3 heteroatoms. The number of amides is 1. The number of aryl methyl sites for hydroxylation is 1. The number of hydrogen-bond donors (Lipinski definition) is 2. The molecular formula is C17H26N2O. The summed E-state index contributed by atoms with van der Waals surface area (Å²) in [7, 11) is 0. The van der Waals surface area contributed by atoms with Gasteiger partial charge in [0.25, 0.3) is 5.91 Å². The minimum atomic E-state index is 0.0726. The zero-order valence-electron chi connectivity index (χ0n) is 12.4. The molecule has 2 rings (SSSR count). The van der Waals surface area contributed by atoms with Gasteiger partial charge in [-0.1, -0.05) is 25.1 Å². The topological polar surface area (TPSA) is 55.1 Å². The normalized spacial score (nSPS) is 22.5. The van der Waals surface area contributed by atoms with Gasteiger partial charge in [0.1, 0.15) is 0 Å². The molecule has 1 aliphatic carbocycles. The van der Waals surface area contributed by atoms with Gasteiger partial charge in [-0.3, -0.25) is 4.79 Å². The van der Waals surface area contributed by atoms with E-state index in [1.165, 1.54) is 25.7 Å². The number of hydrogen-bond acceptors (Lipinski definition) is 2. The van der Waals surface area contributed by atoms with Gasteiger partial charge in [-0.2, -0.15) is 0 Å². The van der Waals surface area contributed by atoms with Gasteiger partial charge in [0.15, 0.2) is 0 Å². The quantitative estimate of drug-likeness (QED) is 0.867. The highest BCUT2D eigenvalue weighted by atomic mass is 16.1. The number of carbonyl (C=O) groups is 1. The van der Waals surface area contributed by atoms with Crippen molar-refractivity contribution >= 4 is 5.91 Å². The lowest BCUT2D eigenvalue weighted by Gasteiger charge is -2.27. The summed E-state index contributed by atoms with van der Waals surface area (Å²) in [6, 6.07) is 7.87. The van der Waals surface area contributed by atoms with Crippen LogP contribution in [0, 0.1) is 11.8 Å². The van der Waals surface area contributed by atoms with E-state index in [0.29, 0.717) is 11.8 Å². The zero-order chi connectivity index (χ0) is 14.4. The van der Waals surface area contributed by atoms with E-state index in [4.69, 9.17) is 5.73 Å². The predicted octanol–water partition coefficient (Wildman–Crippen LogP) is 2.74. The van der Waals surface area contributed by atoms with Crippen LogP contribution in [0.1, 0.15) is 48.5 Å². The number of nitrogens with two attached hydrogens (primary N) is 1. The Morgan fingerprint density at radius 1 is 1.20 bits per heavy atom. The van der Waals surface area contributed by atoms with Crippen molar-refractivity contribution in [3.05, 3.63) is 35.4 Å². The fourth-order valence-electron chi connectivity index (χ4n) is 3.05. The summed E-state index contributed by atoms with van der Waals surface area (Å²) >= 11 is 0. The molecule has 0 heterocycles. The fourth-order valence-corrected chi connectivity index (χ4v) is 3.05.